The molecule has 1 aliphatic heterocycles. The summed E-state index contributed by atoms with van der Waals surface area (Å²) in [5, 5.41) is 0.837. The molecule has 0 N–H and O–H groups in total. The van der Waals surface area contributed by atoms with Gasteiger partial charge in [-0.1, -0.05) is 12.1 Å². The van der Waals surface area contributed by atoms with Crippen LogP contribution in [-0.4, -0.2) is 16.6 Å². The zero-order chi connectivity index (χ0) is 16.1. The normalized spacial score (nSPS) is 16.6. The smallest absolute Gasteiger partial charge is 0.357 e. The summed E-state index contributed by atoms with van der Waals surface area (Å²) in [5.74, 6) is 1.49. The van der Waals surface area contributed by atoms with Gasteiger partial charge in [-0.15, -0.1) is 11.3 Å². The van der Waals surface area contributed by atoms with Gasteiger partial charge in [-0.05, 0) is 24.3 Å². The SMILES string of the molecule is O=c1oc([C@@H]2COc3ccccc3O2)nc2c1sc1ncccc12. The maximum absolute atomic E-state index is 12.3. The summed E-state index contributed by atoms with van der Waals surface area (Å²) in [4.78, 5) is 21.9. The Labute approximate surface area is 139 Å². The number of pyridine rings is 1. The molecule has 4 aromatic rings. The Morgan fingerprint density at radius 1 is 1.12 bits per heavy atom. The number of nitrogens with zero attached hydrogens (tertiary/aromatic N) is 2. The van der Waals surface area contributed by atoms with E-state index in [-0.39, 0.29) is 12.5 Å². The van der Waals surface area contributed by atoms with Crippen molar-refractivity contribution in [2.45, 2.75) is 6.10 Å². The lowest BCUT2D eigenvalue weighted by molar-refractivity contribution is 0.0685. The average Bonchev–Trinajstić information content (AvgIpc) is 3.01. The standard InChI is InChI=1S/C17H10N2O4S/c20-17-14-13(9-4-3-7-18-16(9)24-14)19-15(23-17)12-8-21-10-5-1-2-6-11(10)22-12/h1-7,12H,8H2/t12-/m0/s1. The first kappa shape index (κ1) is 13.5. The van der Waals surface area contributed by atoms with Crippen molar-refractivity contribution in [3.63, 3.8) is 0 Å². The fraction of sp³-hybridized carbons (Fsp3) is 0.118. The highest BCUT2D eigenvalue weighted by Gasteiger charge is 2.27. The van der Waals surface area contributed by atoms with Gasteiger partial charge in [-0.25, -0.2) is 14.8 Å². The van der Waals surface area contributed by atoms with Gasteiger partial charge in [0.05, 0.1) is 0 Å². The summed E-state index contributed by atoms with van der Waals surface area (Å²) in [6.07, 6.45) is 1.12. The number of aromatic nitrogens is 2. The van der Waals surface area contributed by atoms with Crippen LogP contribution in [0, 0.1) is 0 Å². The van der Waals surface area contributed by atoms with E-state index in [9.17, 15) is 4.79 Å². The van der Waals surface area contributed by atoms with Crippen molar-refractivity contribution >= 4 is 31.8 Å². The summed E-state index contributed by atoms with van der Waals surface area (Å²) < 4.78 is 17.4. The van der Waals surface area contributed by atoms with Crippen LogP contribution in [0.25, 0.3) is 20.4 Å². The molecule has 0 amide bonds. The Kier molecular flexibility index (Phi) is 2.83. The molecule has 0 radical (unpaired) electrons. The first-order valence-corrected chi connectivity index (χ1v) is 8.18. The fourth-order valence-corrected chi connectivity index (χ4v) is 3.68. The molecule has 0 unspecified atom stereocenters. The lowest BCUT2D eigenvalue weighted by atomic mass is 10.2. The van der Waals surface area contributed by atoms with Crippen molar-refractivity contribution in [1.29, 1.82) is 0 Å². The van der Waals surface area contributed by atoms with Gasteiger partial charge in [0.2, 0.25) is 12.0 Å². The number of ether oxygens (including phenoxy) is 2. The third-order valence-electron chi connectivity index (χ3n) is 3.83. The summed E-state index contributed by atoms with van der Waals surface area (Å²) >= 11 is 1.28. The Bertz CT molecular complexity index is 1130. The third kappa shape index (κ3) is 1.98. The highest BCUT2D eigenvalue weighted by molar-refractivity contribution is 7.25. The Hall–Kier alpha value is -2.93. The molecule has 1 aliphatic rings. The quantitative estimate of drug-likeness (QED) is 0.530. The van der Waals surface area contributed by atoms with E-state index in [1.807, 2.05) is 36.4 Å². The molecular weight excluding hydrogens is 328 g/mol. The van der Waals surface area contributed by atoms with Crippen LogP contribution in [0.15, 0.2) is 51.8 Å². The number of hydrogen-bond donors (Lipinski definition) is 0. The van der Waals surface area contributed by atoms with Crippen molar-refractivity contribution in [3.05, 3.63) is 58.9 Å². The summed E-state index contributed by atoms with van der Waals surface area (Å²) in [6.45, 7) is 0.235. The Morgan fingerprint density at radius 2 is 2.00 bits per heavy atom. The predicted molar refractivity (Wildman–Crippen MR) is 88.8 cm³/mol. The minimum absolute atomic E-state index is 0.213. The van der Waals surface area contributed by atoms with Crippen LogP contribution in [0.5, 0.6) is 11.5 Å². The molecule has 5 rings (SSSR count). The number of para-hydroxylation sites is 2. The molecule has 0 bridgehead atoms. The van der Waals surface area contributed by atoms with Crippen LogP contribution in [0.1, 0.15) is 12.0 Å². The predicted octanol–water partition coefficient (Wildman–Crippen LogP) is 3.31. The van der Waals surface area contributed by atoms with Gasteiger partial charge in [-0.3, -0.25) is 0 Å². The lowest BCUT2D eigenvalue weighted by Crippen LogP contribution is -2.23. The maximum atomic E-state index is 12.3. The van der Waals surface area contributed by atoms with Crippen molar-refractivity contribution in [2.75, 3.05) is 6.61 Å². The molecule has 0 saturated heterocycles. The molecule has 24 heavy (non-hydrogen) atoms. The second-order valence-corrected chi connectivity index (χ2v) is 6.34. The van der Waals surface area contributed by atoms with Crippen LogP contribution >= 0.6 is 11.3 Å². The molecule has 0 aliphatic carbocycles. The van der Waals surface area contributed by atoms with Crippen LogP contribution < -0.4 is 15.1 Å². The Morgan fingerprint density at radius 3 is 2.92 bits per heavy atom. The molecule has 0 fully saturated rings. The van der Waals surface area contributed by atoms with Gasteiger partial charge in [-0.2, -0.15) is 0 Å². The monoisotopic (exact) mass is 338 g/mol. The van der Waals surface area contributed by atoms with Crippen molar-refractivity contribution < 1.29 is 13.9 Å². The summed E-state index contributed by atoms with van der Waals surface area (Å²) in [6, 6.07) is 11.1. The van der Waals surface area contributed by atoms with Gasteiger partial charge in [0.15, 0.2) is 11.5 Å². The molecule has 0 spiro atoms. The number of rotatable bonds is 1. The molecule has 6 nitrogen and oxygen atoms in total. The number of fused-ring (bicyclic) bond motifs is 4. The van der Waals surface area contributed by atoms with Crippen LogP contribution in [0.3, 0.4) is 0 Å². The van der Waals surface area contributed by atoms with E-state index in [0.717, 1.165) is 10.2 Å². The van der Waals surface area contributed by atoms with Crippen molar-refractivity contribution in [1.82, 2.24) is 9.97 Å². The van der Waals surface area contributed by atoms with E-state index in [1.54, 1.807) is 6.20 Å². The second-order valence-electron chi connectivity index (χ2n) is 5.34. The topological polar surface area (TPSA) is 74.5 Å². The minimum atomic E-state index is -0.566. The Balaban J connectivity index is 1.65. The summed E-state index contributed by atoms with van der Waals surface area (Å²) in [5.41, 5.74) is 0.164. The molecular formula is C17H10N2O4S. The zero-order valence-corrected chi connectivity index (χ0v) is 13.1. The van der Waals surface area contributed by atoms with Gasteiger partial charge < -0.3 is 13.9 Å². The lowest BCUT2D eigenvalue weighted by Gasteiger charge is -2.24. The van der Waals surface area contributed by atoms with Crippen molar-refractivity contribution in [3.8, 4) is 11.5 Å². The molecule has 3 aromatic heterocycles. The summed E-state index contributed by atoms with van der Waals surface area (Å²) in [7, 11) is 0. The largest absolute Gasteiger partial charge is 0.485 e. The fourth-order valence-electron chi connectivity index (χ4n) is 2.72. The molecule has 7 heteroatoms. The number of benzene rings is 1. The first-order chi connectivity index (χ1) is 11.8. The molecule has 1 aromatic carbocycles. The van der Waals surface area contributed by atoms with Crippen LogP contribution in [0.2, 0.25) is 0 Å². The van der Waals surface area contributed by atoms with E-state index in [1.165, 1.54) is 11.3 Å². The highest BCUT2D eigenvalue weighted by Crippen LogP contribution is 2.36. The van der Waals surface area contributed by atoms with Gasteiger partial charge in [0.1, 0.15) is 21.7 Å². The van der Waals surface area contributed by atoms with Gasteiger partial charge in [0, 0.05) is 11.6 Å². The molecule has 4 heterocycles. The maximum Gasteiger partial charge on any atom is 0.357 e. The number of thiophene rings is 1. The first-order valence-electron chi connectivity index (χ1n) is 7.36. The molecule has 118 valence electrons. The van der Waals surface area contributed by atoms with Crippen LogP contribution in [0.4, 0.5) is 0 Å². The van der Waals surface area contributed by atoms with E-state index in [2.05, 4.69) is 9.97 Å². The second kappa shape index (κ2) is 5.04. The number of hydrogen-bond acceptors (Lipinski definition) is 7. The van der Waals surface area contributed by atoms with Crippen molar-refractivity contribution in [2.24, 2.45) is 0 Å². The average molecular weight is 338 g/mol. The van der Waals surface area contributed by atoms with E-state index in [4.69, 9.17) is 13.9 Å². The third-order valence-corrected chi connectivity index (χ3v) is 4.91. The van der Waals surface area contributed by atoms with E-state index < -0.39 is 11.7 Å². The van der Waals surface area contributed by atoms with E-state index >= 15 is 0 Å². The molecule has 0 saturated carbocycles. The van der Waals surface area contributed by atoms with Gasteiger partial charge >= 0.3 is 5.63 Å². The van der Waals surface area contributed by atoms with Crippen LogP contribution in [-0.2, 0) is 0 Å². The minimum Gasteiger partial charge on any atom is -0.485 e. The van der Waals surface area contributed by atoms with Gasteiger partial charge in [0.25, 0.3) is 0 Å². The zero-order valence-electron chi connectivity index (χ0n) is 12.3. The molecule has 1 atom stereocenters. The van der Waals surface area contributed by atoms with E-state index in [0.29, 0.717) is 21.7 Å². The highest BCUT2D eigenvalue weighted by atomic mass is 32.1.